The minimum atomic E-state index is -1.00. The lowest BCUT2D eigenvalue weighted by Gasteiger charge is -2.20. The van der Waals surface area contributed by atoms with Gasteiger partial charge in [-0.25, -0.2) is 9.59 Å². The van der Waals surface area contributed by atoms with Gasteiger partial charge >= 0.3 is 11.9 Å². The maximum Gasteiger partial charge on any atom is 0.425 e. The number of hydrogen-bond acceptors (Lipinski definition) is 3. The number of likely N-dealkylation sites (N-methyl/N-ethyl adjacent to an activating group) is 1. The number of benzene rings is 1. The van der Waals surface area contributed by atoms with E-state index in [9.17, 15) is 9.59 Å². The van der Waals surface area contributed by atoms with Crippen molar-refractivity contribution in [2.45, 2.75) is 5.25 Å². The maximum atomic E-state index is 12.5. The molecule has 0 bridgehead atoms. The third kappa shape index (κ3) is 3.02. The van der Waals surface area contributed by atoms with E-state index in [4.69, 9.17) is 16.7 Å². The molecule has 1 unspecified atom stereocenters. The SMILES string of the molecule is C[N+]1=C2C=C(C(=O)O)C=CC2S/C(=C\c2ccccc2Cl)C1=O. The number of aliphatic carboxylic acids is 1. The summed E-state index contributed by atoms with van der Waals surface area (Å²) < 4.78 is 1.50. The van der Waals surface area contributed by atoms with Gasteiger partial charge in [-0.2, -0.15) is 4.58 Å². The summed E-state index contributed by atoms with van der Waals surface area (Å²) in [6.45, 7) is 0. The van der Waals surface area contributed by atoms with Gasteiger partial charge in [0.05, 0.1) is 5.57 Å². The van der Waals surface area contributed by atoms with Crippen molar-refractivity contribution in [2.24, 2.45) is 0 Å². The lowest BCUT2D eigenvalue weighted by Crippen LogP contribution is -2.36. The highest BCUT2D eigenvalue weighted by atomic mass is 35.5. The number of nitrogens with zero attached hydrogens (tertiary/aromatic N) is 1. The number of fused-ring (bicyclic) bond motifs is 1. The van der Waals surface area contributed by atoms with Gasteiger partial charge in [0.2, 0.25) is 5.71 Å². The first kappa shape index (κ1) is 15.8. The molecule has 1 aromatic rings. The monoisotopic (exact) mass is 346 g/mol. The minimum absolute atomic E-state index is 0.0884. The number of amides is 1. The Morgan fingerprint density at radius 1 is 1.39 bits per heavy atom. The summed E-state index contributed by atoms with van der Waals surface area (Å²) in [5.41, 5.74) is 1.63. The van der Waals surface area contributed by atoms with Crippen molar-refractivity contribution in [3.63, 3.8) is 0 Å². The second-order valence-corrected chi connectivity index (χ2v) is 6.71. The van der Waals surface area contributed by atoms with Crippen LogP contribution < -0.4 is 0 Å². The fourth-order valence-corrected chi connectivity index (χ4v) is 3.80. The molecule has 2 aliphatic rings. The van der Waals surface area contributed by atoms with Gasteiger partial charge in [-0.05, 0) is 23.8 Å². The van der Waals surface area contributed by atoms with Crippen LogP contribution in [0.1, 0.15) is 5.56 Å². The Balaban J connectivity index is 2.02. The summed E-state index contributed by atoms with van der Waals surface area (Å²) in [6, 6.07) is 7.32. The van der Waals surface area contributed by atoms with Crippen LogP contribution in [-0.4, -0.2) is 39.6 Å². The lowest BCUT2D eigenvalue weighted by atomic mass is 10.0. The number of thioether (sulfide) groups is 1. The molecule has 0 spiro atoms. The van der Waals surface area contributed by atoms with Gasteiger partial charge in [-0.3, -0.25) is 0 Å². The highest BCUT2D eigenvalue weighted by Gasteiger charge is 2.38. The van der Waals surface area contributed by atoms with Crippen LogP contribution in [0.15, 0.2) is 53.0 Å². The standard InChI is InChI=1S/C17H12ClNO3S/c1-19-13-8-11(17(21)22)6-7-14(13)23-15(16(19)20)9-10-4-2-3-5-12(10)18/h2-9,14H,1H3/p+1/b15-9-. The minimum Gasteiger partial charge on any atom is -0.478 e. The van der Waals surface area contributed by atoms with E-state index in [2.05, 4.69) is 0 Å². The molecule has 0 saturated heterocycles. The van der Waals surface area contributed by atoms with Crippen molar-refractivity contribution in [3.05, 3.63) is 63.6 Å². The molecule has 0 aromatic heterocycles. The highest BCUT2D eigenvalue weighted by molar-refractivity contribution is 8.05. The van der Waals surface area contributed by atoms with Crippen molar-refractivity contribution in [2.75, 3.05) is 7.05 Å². The smallest absolute Gasteiger partial charge is 0.425 e. The van der Waals surface area contributed by atoms with Gasteiger partial charge in [0, 0.05) is 11.1 Å². The summed E-state index contributed by atoms with van der Waals surface area (Å²) in [5, 5.41) is 9.58. The van der Waals surface area contributed by atoms with Crippen molar-refractivity contribution in [1.82, 2.24) is 0 Å². The lowest BCUT2D eigenvalue weighted by molar-refractivity contribution is -0.413. The van der Waals surface area contributed by atoms with Crippen LogP contribution in [0.3, 0.4) is 0 Å². The van der Waals surface area contributed by atoms with E-state index in [0.717, 1.165) is 5.56 Å². The number of carboxylic acids is 1. The molecule has 1 aliphatic carbocycles. The Labute approximate surface area is 142 Å². The van der Waals surface area contributed by atoms with Gasteiger partial charge in [0.15, 0.2) is 0 Å². The molecule has 4 nitrogen and oxygen atoms in total. The molecule has 6 heteroatoms. The normalized spacial score (nSPS) is 22.2. The van der Waals surface area contributed by atoms with Crippen LogP contribution in [0.4, 0.5) is 0 Å². The zero-order valence-corrected chi connectivity index (χ0v) is 13.8. The van der Waals surface area contributed by atoms with E-state index in [0.29, 0.717) is 15.6 Å². The average molecular weight is 347 g/mol. The van der Waals surface area contributed by atoms with E-state index in [-0.39, 0.29) is 16.7 Å². The third-order valence-corrected chi connectivity index (χ3v) is 5.18. The number of halogens is 1. The third-order valence-electron chi connectivity index (χ3n) is 3.64. The number of carboxylic acid groups (broad SMARTS) is 1. The molecule has 0 radical (unpaired) electrons. The molecule has 0 fully saturated rings. The average Bonchev–Trinajstić information content (AvgIpc) is 2.54. The van der Waals surface area contributed by atoms with Crippen molar-refractivity contribution in [1.29, 1.82) is 0 Å². The fourth-order valence-electron chi connectivity index (χ4n) is 2.40. The van der Waals surface area contributed by atoms with E-state index in [1.165, 1.54) is 16.3 Å². The quantitative estimate of drug-likeness (QED) is 0.660. The van der Waals surface area contributed by atoms with Crippen LogP contribution in [0.5, 0.6) is 0 Å². The molecule has 116 valence electrons. The van der Waals surface area contributed by atoms with Crippen LogP contribution >= 0.6 is 23.4 Å². The van der Waals surface area contributed by atoms with Crippen molar-refractivity contribution in [3.8, 4) is 0 Å². The predicted octanol–water partition coefficient (Wildman–Crippen LogP) is 2.99. The first-order valence-electron chi connectivity index (χ1n) is 6.88. The molecule has 3 rings (SSSR count). The van der Waals surface area contributed by atoms with Crippen molar-refractivity contribution >= 4 is 47.0 Å². The summed E-state index contributed by atoms with van der Waals surface area (Å²) in [4.78, 5) is 24.2. The topological polar surface area (TPSA) is 57.4 Å². The van der Waals surface area contributed by atoms with Gasteiger partial charge < -0.3 is 5.11 Å². The Hall–Kier alpha value is -2.11. The van der Waals surface area contributed by atoms with Gasteiger partial charge in [-0.1, -0.05) is 47.6 Å². The second-order valence-electron chi connectivity index (χ2n) is 5.12. The summed E-state index contributed by atoms with van der Waals surface area (Å²) in [7, 11) is 1.65. The second kappa shape index (κ2) is 6.18. The molecule has 1 heterocycles. The molecule has 1 N–H and O–H groups in total. The Morgan fingerprint density at radius 2 is 2.13 bits per heavy atom. The Bertz CT molecular complexity index is 836. The number of rotatable bonds is 2. The molecule has 1 aliphatic heterocycles. The Morgan fingerprint density at radius 3 is 2.83 bits per heavy atom. The molecule has 1 atom stereocenters. The molecule has 1 aromatic carbocycles. The molecule has 0 saturated carbocycles. The first-order valence-corrected chi connectivity index (χ1v) is 8.14. The Kier molecular flexibility index (Phi) is 4.24. The van der Waals surface area contributed by atoms with E-state index >= 15 is 0 Å². The van der Waals surface area contributed by atoms with Gasteiger partial charge in [0.25, 0.3) is 0 Å². The maximum absolute atomic E-state index is 12.5. The molecule has 23 heavy (non-hydrogen) atoms. The number of carbonyl (C=O) groups excluding carboxylic acids is 1. The summed E-state index contributed by atoms with van der Waals surface area (Å²) >= 11 is 7.54. The summed E-state index contributed by atoms with van der Waals surface area (Å²) in [6.07, 6.45) is 6.68. The van der Waals surface area contributed by atoms with Crippen molar-refractivity contribution < 1.29 is 19.3 Å². The summed E-state index contributed by atoms with van der Waals surface area (Å²) in [5.74, 6) is -1.17. The van der Waals surface area contributed by atoms with Crippen LogP contribution in [-0.2, 0) is 9.59 Å². The largest absolute Gasteiger partial charge is 0.478 e. The highest BCUT2D eigenvalue weighted by Crippen LogP contribution is 2.34. The van der Waals surface area contributed by atoms with Gasteiger partial charge in [0.1, 0.15) is 17.2 Å². The van der Waals surface area contributed by atoms with E-state index in [1.807, 2.05) is 18.2 Å². The molecular formula is C17H13ClNO3S+. The number of allylic oxidation sites excluding steroid dienone is 1. The fraction of sp³-hybridized carbons (Fsp3) is 0.118. The van der Waals surface area contributed by atoms with E-state index < -0.39 is 5.97 Å². The zero-order valence-electron chi connectivity index (χ0n) is 12.2. The zero-order chi connectivity index (χ0) is 16.6. The number of hydrogen-bond donors (Lipinski definition) is 1. The van der Waals surface area contributed by atoms with Crippen LogP contribution in [0, 0.1) is 0 Å². The molecular weight excluding hydrogens is 334 g/mol. The predicted molar refractivity (Wildman–Crippen MR) is 91.9 cm³/mol. The number of carbonyl (C=O) groups is 2. The van der Waals surface area contributed by atoms with E-state index in [1.54, 1.807) is 37.4 Å². The molecule has 1 amide bonds. The van der Waals surface area contributed by atoms with Crippen LogP contribution in [0.2, 0.25) is 5.02 Å². The van der Waals surface area contributed by atoms with Crippen LogP contribution in [0.25, 0.3) is 6.08 Å². The first-order chi connectivity index (χ1) is 11.0. The van der Waals surface area contributed by atoms with Gasteiger partial charge in [-0.15, -0.1) is 0 Å².